The largest absolute Gasteiger partial charge is 0.507 e. The van der Waals surface area contributed by atoms with Crippen LogP contribution in [0.1, 0.15) is 42.2 Å². The molecule has 8 heteroatoms. The summed E-state index contributed by atoms with van der Waals surface area (Å²) >= 11 is 0. The van der Waals surface area contributed by atoms with E-state index in [0.29, 0.717) is 5.92 Å². The molecule has 0 saturated carbocycles. The molecule has 2 aromatic carbocycles. The van der Waals surface area contributed by atoms with Crippen molar-refractivity contribution in [3.8, 4) is 17.2 Å². The lowest BCUT2D eigenvalue weighted by atomic mass is 9.99. The van der Waals surface area contributed by atoms with Gasteiger partial charge in [-0.3, -0.25) is 4.79 Å². The lowest BCUT2D eigenvalue weighted by Gasteiger charge is -2.28. The maximum absolute atomic E-state index is 14.0. The number of phenolic OH excluding ortho intramolecular Hbond substituents is 1. The molecule has 2 N–H and O–H groups in total. The van der Waals surface area contributed by atoms with E-state index in [9.17, 15) is 23.1 Å². The minimum atomic E-state index is -4.96. The second-order valence-corrected chi connectivity index (χ2v) is 9.08. The molecule has 0 aliphatic carbocycles. The number of nitrogens with one attached hydrogen (secondary N) is 1. The zero-order valence-electron chi connectivity index (χ0n) is 18.8. The number of aromatic hydroxyl groups is 1. The zero-order chi connectivity index (χ0) is 23.9. The molecular formula is C25H27F3NO4+. The maximum Gasteiger partial charge on any atom is 0.453 e. The van der Waals surface area contributed by atoms with Gasteiger partial charge in [-0.25, -0.2) is 0 Å². The first-order valence-corrected chi connectivity index (χ1v) is 11.0. The molecular weight excluding hydrogens is 435 g/mol. The first-order valence-electron chi connectivity index (χ1n) is 11.0. The van der Waals surface area contributed by atoms with E-state index in [1.54, 1.807) is 26.0 Å². The van der Waals surface area contributed by atoms with E-state index in [4.69, 9.17) is 9.15 Å². The molecule has 33 heavy (non-hydrogen) atoms. The highest BCUT2D eigenvalue weighted by Crippen LogP contribution is 2.40. The Labute approximate surface area is 189 Å². The fourth-order valence-corrected chi connectivity index (χ4v) is 4.65. The van der Waals surface area contributed by atoms with Crippen molar-refractivity contribution in [2.24, 2.45) is 5.92 Å². The molecule has 2 heterocycles. The number of quaternary nitrogens is 1. The molecule has 1 aromatic heterocycles. The predicted molar refractivity (Wildman–Crippen MR) is 118 cm³/mol. The number of hydrogen-bond acceptors (Lipinski definition) is 4. The van der Waals surface area contributed by atoms with Gasteiger partial charge in [0.2, 0.25) is 11.2 Å². The van der Waals surface area contributed by atoms with E-state index in [1.165, 1.54) is 12.1 Å². The van der Waals surface area contributed by atoms with Gasteiger partial charge < -0.3 is 19.2 Å². The van der Waals surface area contributed by atoms with E-state index < -0.39 is 23.1 Å². The zero-order valence-corrected chi connectivity index (χ0v) is 18.8. The normalized spacial score (nSPS) is 19.1. The van der Waals surface area contributed by atoms with E-state index in [0.717, 1.165) is 42.0 Å². The van der Waals surface area contributed by atoms with Gasteiger partial charge in [-0.1, -0.05) is 13.0 Å². The van der Waals surface area contributed by atoms with Crippen molar-refractivity contribution in [2.45, 2.75) is 46.3 Å². The summed E-state index contributed by atoms with van der Waals surface area (Å²) in [6, 6.07) is 7.57. The van der Waals surface area contributed by atoms with Gasteiger partial charge >= 0.3 is 6.18 Å². The fraction of sp³-hybridized carbons (Fsp3) is 0.400. The molecule has 1 unspecified atom stereocenters. The number of likely N-dealkylation sites (tertiary alicyclic amines) is 1. The molecule has 2 atom stereocenters. The van der Waals surface area contributed by atoms with Crippen LogP contribution in [0.5, 0.6) is 17.2 Å². The van der Waals surface area contributed by atoms with Crippen molar-refractivity contribution in [3.05, 3.63) is 63.0 Å². The number of aryl methyl sites for hydroxylation is 2. The molecule has 3 aromatic rings. The Bertz CT molecular complexity index is 1230. The van der Waals surface area contributed by atoms with Gasteiger partial charge in [-0.2, -0.15) is 13.2 Å². The number of rotatable bonds is 4. The molecule has 0 bridgehead atoms. The second kappa shape index (κ2) is 8.74. The fourth-order valence-electron chi connectivity index (χ4n) is 4.65. The van der Waals surface area contributed by atoms with Gasteiger partial charge in [0, 0.05) is 5.92 Å². The summed E-state index contributed by atoms with van der Waals surface area (Å²) in [4.78, 5) is 14.3. The lowest BCUT2D eigenvalue weighted by Crippen LogP contribution is -3.12. The van der Waals surface area contributed by atoms with Crippen molar-refractivity contribution >= 4 is 11.0 Å². The van der Waals surface area contributed by atoms with Crippen LogP contribution in [0, 0.1) is 19.8 Å². The van der Waals surface area contributed by atoms with Crippen LogP contribution >= 0.6 is 0 Å². The Kier molecular flexibility index (Phi) is 6.14. The van der Waals surface area contributed by atoms with Gasteiger partial charge in [0.25, 0.3) is 5.76 Å². The maximum atomic E-state index is 14.0. The number of benzene rings is 2. The van der Waals surface area contributed by atoms with E-state index >= 15 is 0 Å². The summed E-state index contributed by atoms with van der Waals surface area (Å²) in [5.41, 5.74) is 0.610. The molecule has 0 radical (unpaired) electrons. The highest BCUT2D eigenvalue weighted by molar-refractivity contribution is 5.83. The minimum Gasteiger partial charge on any atom is -0.507 e. The third kappa shape index (κ3) is 4.85. The summed E-state index contributed by atoms with van der Waals surface area (Å²) < 4.78 is 52.7. The van der Waals surface area contributed by atoms with Gasteiger partial charge in [-0.15, -0.1) is 0 Å². The Hall–Kier alpha value is -3.00. The summed E-state index contributed by atoms with van der Waals surface area (Å²) in [6.07, 6.45) is -2.87. The SMILES string of the molecule is Cc1cc(C)cc(Oc2c(C(F)(F)F)oc3c(C[NH+]4CCC[C@H](C)C4)c(O)ccc3c2=O)c1. The van der Waals surface area contributed by atoms with E-state index in [1.807, 2.05) is 6.07 Å². The summed E-state index contributed by atoms with van der Waals surface area (Å²) in [6.45, 7) is 7.63. The summed E-state index contributed by atoms with van der Waals surface area (Å²) in [5, 5.41) is 10.4. The number of fused-ring (bicyclic) bond motifs is 1. The first kappa shape index (κ1) is 23.2. The van der Waals surface area contributed by atoms with E-state index in [-0.39, 0.29) is 34.6 Å². The third-order valence-corrected chi connectivity index (χ3v) is 6.06. The standard InChI is InChI=1S/C25H26F3NO4/c1-14-5-4-8-29(12-14)13-19-20(30)7-6-18-21(31)23(24(25(26,27)28)33-22(18)19)32-17-10-15(2)9-16(3)11-17/h6-7,9-11,14,30H,4-5,8,12-13H2,1-3H3/p+1/t14-/m0/s1. The lowest BCUT2D eigenvalue weighted by molar-refractivity contribution is -0.922. The molecule has 5 nitrogen and oxygen atoms in total. The number of phenols is 1. The van der Waals surface area contributed by atoms with Crippen molar-refractivity contribution in [3.63, 3.8) is 0 Å². The Morgan fingerprint density at radius 1 is 1.18 bits per heavy atom. The van der Waals surface area contributed by atoms with Crippen molar-refractivity contribution in [2.75, 3.05) is 13.1 Å². The number of hydrogen-bond donors (Lipinski definition) is 2. The highest BCUT2D eigenvalue weighted by Gasteiger charge is 2.41. The summed E-state index contributed by atoms with van der Waals surface area (Å²) in [5.74, 6) is -2.01. The molecule has 1 aliphatic rings. The first-order chi connectivity index (χ1) is 15.5. The molecule has 4 rings (SSSR count). The Balaban J connectivity index is 1.87. The average Bonchev–Trinajstić information content (AvgIpc) is 2.70. The highest BCUT2D eigenvalue weighted by atomic mass is 19.4. The quantitative estimate of drug-likeness (QED) is 0.588. The minimum absolute atomic E-state index is 0.0559. The molecule has 1 aliphatic heterocycles. The van der Waals surface area contributed by atoms with Crippen LogP contribution in [-0.4, -0.2) is 18.2 Å². The molecule has 1 saturated heterocycles. The van der Waals surface area contributed by atoms with Gasteiger partial charge in [-0.05, 0) is 62.1 Å². The number of halogens is 3. The summed E-state index contributed by atoms with van der Waals surface area (Å²) in [7, 11) is 0. The second-order valence-electron chi connectivity index (χ2n) is 9.08. The third-order valence-electron chi connectivity index (χ3n) is 6.06. The van der Waals surface area contributed by atoms with Crippen LogP contribution < -0.4 is 15.1 Å². The van der Waals surface area contributed by atoms with Gasteiger partial charge in [0.1, 0.15) is 18.0 Å². The van der Waals surface area contributed by atoms with Gasteiger partial charge in [0.05, 0.1) is 24.0 Å². The van der Waals surface area contributed by atoms with Crippen LogP contribution in [0.2, 0.25) is 0 Å². The van der Waals surface area contributed by atoms with Crippen molar-refractivity contribution in [1.82, 2.24) is 0 Å². The molecule has 1 fully saturated rings. The van der Waals surface area contributed by atoms with Gasteiger partial charge in [0.15, 0.2) is 5.58 Å². The monoisotopic (exact) mass is 462 g/mol. The number of ether oxygens (including phenoxy) is 1. The van der Waals surface area contributed by atoms with Crippen molar-refractivity contribution in [1.29, 1.82) is 0 Å². The van der Waals surface area contributed by atoms with Crippen LogP contribution in [0.3, 0.4) is 0 Å². The van der Waals surface area contributed by atoms with Crippen molar-refractivity contribution < 1.29 is 32.3 Å². The number of alkyl halides is 3. The topological polar surface area (TPSA) is 64.1 Å². The van der Waals surface area contributed by atoms with Crippen LogP contribution in [-0.2, 0) is 12.7 Å². The van der Waals surface area contributed by atoms with Crippen LogP contribution in [0.25, 0.3) is 11.0 Å². The molecule has 0 spiro atoms. The number of piperidine rings is 1. The Morgan fingerprint density at radius 3 is 2.52 bits per heavy atom. The smallest absolute Gasteiger partial charge is 0.453 e. The predicted octanol–water partition coefficient (Wildman–Crippen LogP) is 4.74. The van der Waals surface area contributed by atoms with Crippen LogP contribution in [0.4, 0.5) is 13.2 Å². The van der Waals surface area contributed by atoms with Crippen LogP contribution in [0.15, 0.2) is 39.5 Å². The van der Waals surface area contributed by atoms with E-state index in [2.05, 4.69) is 6.92 Å². The average molecular weight is 462 g/mol. The Morgan fingerprint density at radius 2 is 1.88 bits per heavy atom. The molecule has 0 amide bonds. The molecule has 176 valence electrons.